The summed E-state index contributed by atoms with van der Waals surface area (Å²) in [5.41, 5.74) is 12.9. The fourth-order valence-electron chi connectivity index (χ4n) is 1.70. The summed E-state index contributed by atoms with van der Waals surface area (Å²) in [6.45, 7) is 0.526. The number of hydrogen-bond donors (Lipinski definition) is 2. The normalized spacial score (nSPS) is 10.6. The molecule has 2 rings (SSSR count). The standard InChI is InChI=1S/C12H13ClN4O/c13-10-2-1-8(3-4-14)11(5-10)17-7-9(6-16-17)12(15)18/h1-2,5-7H,3-4,14H2,(H2,15,18). The van der Waals surface area contributed by atoms with Crippen molar-refractivity contribution < 1.29 is 4.79 Å². The van der Waals surface area contributed by atoms with Crippen LogP contribution in [0.4, 0.5) is 0 Å². The number of amides is 1. The van der Waals surface area contributed by atoms with Crippen molar-refractivity contribution in [3.05, 3.63) is 46.7 Å². The first-order chi connectivity index (χ1) is 8.61. The van der Waals surface area contributed by atoms with Crippen LogP contribution < -0.4 is 11.5 Å². The van der Waals surface area contributed by atoms with Gasteiger partial charge in [-0.05, 0) is 30.7 Å². The summed E-state index contributed by atoms with van der Waals surface area (Å²) in [7, 11) is 0. The highest BCUT2D eigenvalue weighted by molar-refractivity contribution is 6.30. The molecule has 0 bridgehead atoms. The molecule has 6 heteroatoms. The summed E-state index contributed by atoms with van der Waals surface area (Å²) in [5, 5.41) is 4.71. The summed E-state index contributed by atoms with van der Waals surface area (Å²) in [6.07, 6.45) is 3.71. The molecule has 0 unspecified atom stereocenters. The van der Waals surface area contributed by atoms with E-state index in [2.05, 4.69) is 5.10 Å². The Bertz CT molecular complexity index is 579. The SMILES string of the molecule is NCCc1ccc(Cl)cc1-n1cc(C(N)=O)cn1. The van der Waals surface area contributed by atoms with Crippen molar-refractivity contribution in [2.45, 2.75) is 6.42 Å². The topological polar surface area (TPSA) is 86.9 Å². The highest BCUT2D eigenvalue weighted by Gasteiger charge is 2.09. The van der Waals surface area contributed by atoms with Gasteiger partial charge in [-0.1, -0.05) is 17.7 Å². The van der Waals surface area contributed by atoms with Crippen LogP contribution in [-0.4, -0.2) is 22.2 Å². The third-order valence-electron chi connectivity index (χ3n) is 2.57. The highest BCUT2D eigenvalue weighted by Crippen LogP contribution is 2.20. The van der Waals surface area contributed by atoms with Gasteiger partial charge in [0.05, 0.1) is 17.4 Å². The van der Waals surface area contributed by atoms with Crippen LogP contribution in [0.5, 0.6) is 0 Å². The van der Waals surface area contributed by atoms with E-state index in [0.29, 0.717) is 23.6 Å². The summed E-state index contributed by atoms with van der Waals surface area (Å²) in [4.78, 5) is 11.0. The maximum absolute atomic E-state index is 11.0. The second kappa shape index (κ2) is 5.20. The smallest absolute Gasteiger partial charge is 0.251 e. The van der Waals surface area contributed by atoms with Gasteiger partial charge in [0, 0.05) is 11.2 Å². The van der Waals surface area contributed by atoms with Crippen LogP contribution in [0.25, 0.3) is 5.69 Å². The predicted octanol–water partition coefficient (Wildman–Crippen LogP) is 1.13. The quantitative estimate of drug-likeness (QED) is 0.868. The van der Waals surface area contributed by atoms with E-state index < -0.39 is 5.91 Å². The molecule has 1 amide bonds. The number of carbonyl (C=O) groups excluding carboxylic acids is 1. The van der Waals surface area contributed by atoms with Crippen molar-refractivity contribution in [1.29, 1.82) is 0 Å². The molecule has 0 fully saturated rings. The Morgan fingerprint density at radius 1 is 1.44 bits per heavy atom. The van der Waals surface area contributed by atoms with E-state index in [-0.39, 0.29) is 0 Å². The Morgan fingerprint density at radius 3 is 2.83 bits per heavy atom. The zero-order chi connectivity index (χ0) is 13.1. The fraction of sp³-hybridized carbons (Fsp3) is 0.167. The zero-order valence-electron chi connectivity index (χ0n) is 9.64. The molecule has 18 heavy (non-hydrogen) atoms. The van der Waals surface area contributed by atoms with Gasteiger partial charge in [0.25, 0.3) is 5.91 Å². The molecule has 0 atom stereocenters. The molecule has 2 aromatic rings. The van der Waals surface area contributed by atoms with E-state index in [9.17, 15) is 4.79 Å². The van der Waals surface area contributed by atoms with Crippen LogP contribution in [-0.2, 0) is 6.42 Å². The van der Waals surface area contributed by atoms with Crippen LogP contribution in [0.15, 0.2) is 30.6 Å². The van der Waals surface area contributed by atoms with Crippen molar-refractivity contribution in [1.82, 2.24) is 9.78 Å². The second-order valence-electron chi connectivity index (χ2n) is 3.85. The number of halogens is 1. The molecule has 0 aliphatic heterocycles. The number of carbonyl (C=O) groups is 1. The number of benzene rings is 1. The molecule has 0 spiro atoms. The molecule has 0 aliphatic carbocycles. The molecule has 4 N–H and O–H groups in total. The molecule has 1 aromatic heterocycles. The molecule has 0 saturated carbocycles. The van der Waals surface area contributed by atoms with Crippen molar-refractivity contribution in [2.24, 2.45) is 11.5 Å². The van der Waals surface area contributed by atoms with E-state index in [4.69, 9.17) is 23.1 Å². The minimum Gasteiger partial charge on any atom is -0.366 e. The van der Waals surface area contributed by atoms with Crippen molar-refractivity contribution in [3.8, 4) is 5.69 Å². The van der Waals surface area contributed by atoms with Gasteiger partial charge in [0.1, 0.15) is 0 Å². The largest absolute Gasteiger partial charge is 0.366 e. The van der Waals surface area contributed by atoms with Crippen molar-refractivity contribution in [2.75, 3.05) is 6.54 Å². The van der Waals surface area contributed by atoms with Gasteiger partial charge in [-0.25, -0.2) is 4.68 Å². The Hall–Kier alpha value is -1.85. The van der Waals surface area contributed by atoms with E-state index in [0.717, 1.165) is 11.3 Å². The average Bonchev–Trinajstić information content (AvgIpc) is 2.81. The maximum atomic E-state index is 11.0. The number of hydrogen-bond acceptors (Lipinski definition) is 3. The highest BCUT2D eigenvalue weighted by atomic mass is 35.5. The van der Waals surface area contributed by atoms with Gasteiger partial charge in [-0.2, -0.15) is 5.10 Å². The van der Waals surface area contributed by atoms with Crippen LogP contribution in [0.1, 0.15) is 15.9 Å². The molecule has 94 valence electrons. The molecule has 0 aliphatic rings. The summed E-state index contributed by atoms with van der Waals surface area (Å²) >= 11 is 5.97. The molecular formula is C12H13ClN4O. The Morgan fingerprint density at radius 2 is 2.22 bits per heavy atom. The lowest BCUT2D eigenvalue weighted by Crippen LogP contribution is -2.10. The zero-order valence-corrected chi connectivity index (χ0v) is 10.4. The van der Waals surface area contributed by atoms with Crippen molar-refractivity contribution >= 4 is 17.5 Å². The first-order valence-electron chi connectivity index (χ1n) is 5.45. The van der Waals surface area contributed by atoms with E-state index in [1.807, 2.05) is 6.07 Å². The summed E-state index contributed by atoms with van der Waals surface area (Å²) in [5.74, 6) is -0.511. The Balaban J connectivity index is 2.47. The number of aromatic nitrogens is 2. The van der Waals surface area contributed by atoms with Gasteiger partial charge >= 0.3 is 0 Å². The van der Waals surface area contributed by atoms with E-state index >= 15 is 0 Å². The van der Waals surface area contributed by atoms with Gasteiger partial charge in [0.2, 0.25) is 0 Å². The first kappa shape index (κ1) is 12.6. The summed E-state index contributed by atoms with van der Waals surface area (Å²) < 4.78 is 1.58. The lowest BCUT2D eigenvalue weighted by atomic mass is 10.1. The van der Waals surface area contributed by atoms with Gasteiger partial charge in [0.15, 0.2) is 0 Å². The van der Waals surface area contributed by atoms with Gasteiger partial charge in [-0.3, -0.25) is 4.79 Å². The number of nitrogens with two attached hydrogens (primary N) is 2. The van der Waals surface area contributed by atoms with Crippen LogP contribution in [0.2, 0.25) is 5.02 Å². The third-order valence-corrected chi connectivity index (χ3v) is 2.81. The Kier molecular flexibility index (Phi) is 3.64. The van der Waals surface area contributed by atoms with Crippen molar-refractivity contribution in [3.63, 3.8) is 0 Å². The minimum absolute atomic E-state index is 0.355. The van der Waals surface area contributed by atoms with E-state index in [1.54, 1.807) is 23.0 Å². The summed E-state index contributed by atoms with van der Waals surface area (Å²) in [6, 6.07) is 5.48. The van der Waals surface area contributed by atoms with Crippen LogP contribution in [0, 0.1) is 0 Å². The average molecular weight is 265 g/mol. The Labute approximate surface area is 109 Å². The molecule has 0 radical (unpaired) electrons. The fourth-order valence-corrected chi connectivity index (χ4v) is 1.87. The second-order valence-corrected chi connectivity index (χ2v) is 4.29. The maximum Gasteiger partial charge on any atom is 0.251 e. The number of rotatable bonds is 4. The lowest BCUT2D eigenvalue weighted by Gasteiger charge is -2.09. The number of primary amides is 1. The molecule has 1 heterocycles. The van der Waals surface area contributed by atoms with Gasteiger partial charge < -0.3 is 11.5 Å². The monoisotopic (exact) mass is 264 g/mol. The molecule has 1 aromatic carbocycles. The molecule has 5 nitrogen and oxygen atoms in total. The first-order valence-corrected chi connectivity index (χ1v) is 5.83. The third kappa shape index (κ3) is 2.52. The number of nitrogens with zero attached hydrogens (tertiary/aromatic N) is 2. The lowest BCUT2D eigenvalue weighted by molar-refractivity contribution is 0.100. The van der Waals surface area contributed by atoms with Gasteiger partial charge in [-0.15, -0.1) is 0 Å². The van der Waals surface area contributed by atoms with Crippen LogP contribution in [0.3, 0.4) is 0 Å². The van der Waals surface area contributed by atoms with Crippen LogP contribution >= 0.6 is 11.6 Å². The van der Waals surface area contributed by atoms with E-state index in [1.165, 1.54) is 6.20 Å². The molecule has 0 saturated heterocycles. The predicted molar refractivity (Wildman–Crippen MR) is 69.9 cm³/mol. The molecular weight excluding hydrogens is 252 g/mol. The minimum atomic E-state index is -0.511.